The molecule has 2 N–H and O–H groups in total. The third-order valence-electron chi connectivity index (χ3n) is 3.29. The molecule has 1 aromatic rings. The number of esters is 1. The van der Waals surface area contributed by atoms with E-state index < -0.39 is 29.7 Å². The Hall–Kier alpha value is -2.77. The highest BCUT2D eigenvalue weighted by atomic mass is 16.6. The molecule has 0 bridgehead atoms. The van der Waals surface area contributed by atoms with Crippen LogP contribution in [0.15, 0.2) is 24.3 Å². The molecule has 8 nitrogen and oxygen atoms in total. The molecule has 8 heteroatoms. The van der Waals surface area contributed by atoms with Gasteiger partial charge in [-0.25, -0.2) is 9.59 Å². The lowest BCUT2D eigenvalue weighted by Crippen LogP contribution is -2.36. The minimum atomic E-state index is -0.679. The molecule has 0 aliphatic heterocycles. The predicted molar refractivity (Wildman–Crippen MR) is 94.7 cm³/mol. The summed E-state index contributed by atoms with van der Waals surface area (Å²) in [6.07, 6.45) is -1.13. The van der Waals surface area contributed by atoms with E-state index in [0.717, 1.165) is 5.56 Å². The van der Waals surface area contributed by atoms with E-state index >= 15 is 0 Å². The van der Waals surface area contributed by atoms with Crippen LogP contribution in [-0.4, -0.2) is 44.5 Å². The van der Waals surface area contributed by atoms with E-state index in [0.29, 0.717) is 5.56 Å². The first kappa shape index (κ1) is 21.3. The number of carbonyl (C=O) groups excluding carboxylic acids is 3. The van der Waals surface area contributed by atoms with Crippen LogP contribution in [0.3, 0.4) is 0 Å². The number of ether oxygens (including phenoxy) is 3. The first-order valence-electron chi connectivity index (χ1n) is 8.14. The molecular formula is C18H26N2O6. The number of benzene rings is 1. The highest BCUT2D eigenvalue weighted by Crippen LogP contribution is 2.18. The highest BCUT2D eigenvalue weighted by Gasteiger charge is 2.24. The normalized spacial score (nSPS) is 11.9. The van der Waals surface area contributed by atoms with E-state index in [-0.39, 0.29) is 13.2 Å². The molecule has 0 saturated heterocycles. The largest absolute Gasteiger partial charge is 0.468 e. The standard InChI is InChI=1S/C18H26N2O6/c1-18(2,3)26-17(23)20-10-14(15(21)24-5)13-8-6-12(7-9-13)11-25-16(22)19-4/h6-9,14H,10-11H2,1-5H3,(H,19,22)(H,20,23). The van der Waals surface area contributed by atoms with Crippen LogP contribution in [0.25, 0.3) is 0 Å². The number of nitrogens with one attached hydrogen (secondary N) is 2. The Kier molecular flexibility index (Phi) is 7.89. The molecule has 1 rings (SSSR count). The molecule has 0 aromatic heterocycles. The third-order valence-corrected chi connectivity index (χ3v) is 3.29. The molecule has 0 aliphatic rings. The predicted octanol–water partition coefficient (Wildman–Crippen LogP) is 2.32. The van der Waals surface area contributed by atoms with Crippen molar-refractivity contribution in [1.29, 1.82) is 0 Å². The van der Waals surface area contributed by atoms with Crippen LogP contribution >= 0.6 is 0 Å². The Morgan fingerprint density at radius 1 is 1.08 bits per heavy atom. The van der Waals surface area contributed by atoms with E-state index in [1.807, 2.05) is 0 Å². The van der Waals surface area contributed by atoms with Crippen LogP contribution in [0.5, 0.6) is 0 Å². The van der Waals surface area contributed by atoms with Crippen LogP contribution in [0.2, 0.25) is 0 Å². The highest BCUT2D eigenvalue weighted by molar-refractivity contribution is 5.79. The number of methoxy groups -OCH3 is 1. The SMILES string of the molecule is CNC(=O)OCc1ccc(C(CNC(=O)OC(C)(C)C)C(=O)OC)cc1. The molecule has 1 atom stereocenters. The van der Waals surface area contributed by atoms with Gasteiger partial charge >= 0.3 is 18.2 Å². The number of alkyl carbamates (subject to hydrolysis) is 2. The molecule has 1 aromatic carbocycles. The maximum Gasteiger partial charge on any atom is 0.407 e. The van der Waals surface area contributed by atoms with Gasteiger partial charge in [0.05, 0.1) is 13.0 Å². The quantitative estimate of drug-likeness (QED) is 0.592. The summed E-state index contributed by atoms with van der Waals surface area (Å²) in [5.74, 6) is -1.16. The summed E-state index contributed by atoms with van der Waals surface area (Å²) >= 11 is 0. The van der Waals surface area contributed by atoms with Crippen molar-refractivity contribution in [3.8, 4) is 0 Å². The Balaban J connectivity index is 2.75. The maximum atomic E-state index is 12.1. The lowest BCUT2D eigenvalue weighted by atomic mass is 9.98. The summed E-state index contributed by atoms with van der Waals surface area (Å²) in [7, 11) is 2.76. The van der Waals surface area contributed by atoms with E-state index in [4.69, 9.17) is 14.2 Å². The number of hydrogen-bond donors (Lipinski definition) is 2. The molecule has 0 fully saturated rings. The van der Waals surface area contributed by atoms with E-state index in [9.17, 15) is 14.4 Å². The summed E-state index contributed by atoms with van der Waals surface area (Å²) in [6.45, 7) is 5.41. The topological polar surface area (TPSA) is 103 Å². The van der Waals surface area contributed by atoms with Crippen molar-refractivity contribution in [3.63, 3.8) is 0 Å². The van der Waals surface area contributed by atoms with Crippen molar-refractivity contribution in [1.82, 2.24) is 10.6 Å². The van der Waals surface area contributed by atoms with Crippen molar-refractivity contribution in [2.24, 2.45) is 0 Å². The van der Waals surface area contributed by atoms with Gasteiger partial charge in [0.25, 0.3) is 0 Å². The van der Waals surface area contributed by atoms with Crippen LogP contribution in [0, 0.1) is 0 Å². The summed E-state index contributed by atoms with van der Waals surface area (Å²) in [5, 5.41) is 4.93. The zero-order chi connectivity index (χ0) is 19.7. The molecule has 1 unspecified atom stereocenters. The second kappa shape index (κ2) is 9.65. The number of amides is 2. The van der Waals surface area contributed by atoms with Crippen LogP contribution in [-0.2, 0) is 25.6 Å². The molecule has 0 radical (unpaired) electrons. The molecule has 0 saturated carbocycles. The van der Waals surface area contributed by atoms with Gasteiger partial charge < -0.3 is 24.8 Å². The fourth-order valence-electron chi connectivity index (χ4n) is 2.05. The lowest BCUT2D eigenvalue weighted by Gasteiger charge is -2.21. The Morgan fingerprint density at radius 2 is 1.69 bits per heavy atom. The smallest absolute Gasteiger partial charge is 0.407 e. The Labute approximate surface area is 153 Å². The van der Waals surface area contributed by atoms with Gasteiger partial charge in [-0.15, -0.1) is 0 Å². The van der Waals surface area contributed by atoms with Gasteiger partial charge in [0.2, 0.25) is 0 Å². The van der Waals surface area contributed by atoms with Gasteiger partial charge in [-0.1, -0.05) is 24.3 Å². The molecule has 144 valence electrons. The van der Waals surface area contributed by atoms with E-state index in [1.54, 1.807) is 45.0 Å². The fourth-order valence-corrected chi connectivity index (χ4v) is 2.05. The molecule has 2 amide bonds. The summed E-state index contributed by atoms with van der Waals surface area (Å²) in [6, 6.07) is 6.92. The van der Waals surface area contributed by atoms with E-state index in [2.05, 4.69) is 10.6 Å². The average molecular weight is 366 g/mol. The van der Waals surface area contributed by atoms with Crippen LogP contribution in [0.1, 0.15) is 37.8 Å². The number of carbonyl (C=O) groups is 3. The van der Waals surface area contributed by atoms with Gasteiger partial charge in [0.1, 0.15) is 12.2 Å². The first-order valence-corrected chi connectivity index (χ1v) is 8.14. The minimum absolute atomic E-state index is 0.0374. The molecule has 26 heavy (non-hydrogen) atoms. The summed E-state index contributed by atoms with van der Waals surface area (Å²) in [5.41, 5.74) is 0.801. The van der Waals surface area contributed by atoms with Crippen molar-refractivity contribution < 1.29 is 28.6 Å². The molecule has 0 heterocycles. The fraction of sp³-hybridized carbons (Fsp3) is 0.500. The van der Waals surface area contributed by atoms with Gasteiger partial charge in [0.15, 0.2) is 0 Å². The average Bonchev–Trinajstić information content (AvgIpc) is 2.58. The second-order valence-corrected chi connectivity index (χ2v) is 6.53. The van der Waals surface area contributed by atoms with E-state index in [1.165, 1.54) is 14.2 Å². The van der Waals surface area contributed by atoms with Crippen molar-refractivity contribution in [2.45, 2.75) is 38.9 Å². The maximum absolute atomic E-state index is 12.1. The van der Waals surface area contributed by atoms with Crippen molar-refractivity contribution in [2.75, 3.05) is 20.7 Å². The molecular weight excluding hydrogens is 340 g/mol. The van der Waals surface area contributed by atoms with Crippen LogP contribution < -0.4 is 10.6 Å². The minimum Gasteiger partial charge on any atom is -0.468 e. The zero-order valence-corrected chi connectivity index (χ0v) is 15.8. The zero-order valence-electron chi connectivity index (χ0n) is 15.8. The number of hydrogen-bond acceptors (Lipinski definition) is 6. The van der Waals surface area contributed by atoms with Crippen molar-refractivity contribution in [3.05, 3.63) is 35.4 Å². The Bertz CT molecular complexity index is 622. The van der Waals surface area contributed by atoms with Gasteiger partial charge in [0, 0.05) is 13.6 Å². The Morgan fingerprint density at radius 3 is 2.19 bits per heavy atom. The van der Waals surface area contributed by atoms with Crippen LogP contribution in [0.4, 0.5) is 9.59 Å². The molecule has 0 aliphatic carbocycles. The lowest BCUT2D eigenvalue weighted by molar-refractivity contribution is -0.142. The van der Waals surface area contributed by atoms with Gasteiger partial charge in [-0.05, 0) is 31.9 Å². The monoisotopic (exact) mass is 366 g/mol. The third kappa shape index (κ3) is 7.42. The molecule has 0 spiro atoms. The summed E-state index contributed by atoms with van der Waals surface area (Å²) in [4.78, 5) is 34.9. The summed E-state index contributed by atoms with van der Waals surface area (Å²) < 4.78 is 14.9. The van der Waals surface area contributed by atoms with Gasteiger partial charge in [-0.2, -0.15) is 0 Å². The first-order chi connectivity index (χ1) is 12.2. The van der Waals surface area contributed by atoms with Crippen molar-refractivity contribution >= 4 is 18.2 Å². The number of rotatable bonds is 6. The van der Waals surface area contributed by atoms with Gasteiger partial charge in [-0.3, -0.25) is 4.79 Å². The second-order valence-electron chi connectivity index (χ2n) is 6.53.